The fourth-order valence-corrected chi connectivity index (χ4v) is 6.25. The lowest BCUT2D eigenvalue weighted by Gasteiger charge is -2.26. The Bertz CT molecular complexity index is 1010. The van der Waals surface area contributed by atoms with E-state index in [2.05, 4.69) is 4.90 Å². The zero-order chi connectivity index (χ0) is 24.6. The summed E-state index contributed by atoms with van der Waals surface area (Å²) in [5.74, 6) is -0.213. The molecule has 2 aromatic rings. The Kier molecular flexibility index (Phi) is 9.36. The van der Waals surface area contributed by atoms with Crippen molar-refractivity contribution in [3.63, 3.8) is 0 Å². The summed E-state index contributed by atoms with van der Waals surface area (Å²) in [4.78, 5) is 15.1. The SMILES string of the molecule is CCOC(=O)C(C)C(c1ccc(OCCN2CCCCC2)cc1)S(=O)(=O)c1ccc(OC)cc1. The van der Waals surface area contributed by atoms with Crippen LogP contribution in [0.25, 0.3) is 0 Å². The lowest BCUT2D eigenvalue weighted by molar-refractivity contribution is -0.147. The van der Waals surface area contributed by atoms with Crippen LogP contribution >= 0.6 is 0 Å². The molecule has 34 heavy (non-hydrogen) atoms. The number of carbonyl (C=O) groups is 1. The van der Waals surface area contributed by atoms with Crippen molar-refractivity contribution in [1.82, 2.24) is 4.90 Å². The molecule has 0 N–H and O–H groups in total. The van der Waals surface area contributed by atoms with Gasteiger partial charge in [-0.05, 0) is 74.8 Å². The summed E-state index contributed by atoms with van der Waals surface area (Å²) in [6.07, 6.45) is 3.76. The van der Waals surface area contributed by atoms with Gasteiger partial charge in [0.2, 0.25) is 0 Å². The molecular formula is C26H35NO6S. The van der Waals surface area contributed by atoms with E-state index in [0.29, 0.717) is 23.7 Å². The Morgan fingerprint density at radius 2 is 1.59 bits per heavy atom. The highest BCUT2D eigenvalue weighted by atomic mass is 32.2. The zero-order valence-electron chi connectivity index (χ0n) is 20.2. The number of rotatable bonds is 11. The lowest BCUT2D eigenvalue weighted by atomic mass is 10.0. The second-order valence-corrected chi connectivity index (χ2v) is 10.6. The van der Waals surface area contributed by atoms with E-state index in [9.17, 15) is 13.2 Å². The van der Waals surface area contributed by atoms with E-state index >= 15 is 0 Å². The van der Waals surface area contributed by atoms with Crippen molar-refractivity contribution in [2.75, 3.05) is 40.0 Å². The van der Waals surface area contributed by atoms with Gasteiger partial charge in [0.15, 0.2) is 9.84 Å². The highest BCUT2D eigenvalue weighted by molar-refractivity contribution is 7.91. The number of likely N-dealkylation sites (tertiary alicyclic amines) is 1. The van der Waals surface area contributed by atoms with Crippen molar-refractivity contribution in [2.45, 2.75) is 43.3 Å². The Morgan fingerprint density at radius 3 is 2.18 bits per heavy atom. The summed E-state index contributed by atoms with van der Waals surface area (Å²) in [6.45, 7) is 7.14. The summed E-state index contributed by atoms with van der Waals surface area (Å²) in [7, 11) is -2.37. The van der Waals surface area contributed by atoms with Gasteiger partial charge in [0.25, 0.3) is 0 Å². The average Bonchev–Trinajstić information content (AvgIpc) is 2.86. The molecule has 0 spiro atoms. The molecule has 0 aromatic heterocycles. The summed E-state index contributed by atoms with van der Waals surface area (Å²) in [6, 6.07) is 13.2. The van der Waals surface area contributed by atoms with Crippen LogP contribution in [0.1, 0.15) is 43.9 Å². The molecule has 2 unspecified atom stereocenters. The first kappa shape index (κ1) is 26.0. The van der Waals surface area contributed by atoms with Crippen LogP contribution in [0, 0.1) is 5.92 Å². The first-order valence-electron chi connectivity index (χ1n) is 11.9. The number of benzene rings is 2. The van der Waals surface area contributed by atoms with Crippen molar-refractivity contribution in [3.05, 3.63) is 54.1 Å². The van der Waals surface area contributed by atoms with Crippen molar-refractivity contribution < 1.29 is 27.4 Å². The maximum atomic E-state index is 13.6. The Balaban J connectivity index is 1.80. The minimum Gasteiger partial charge on any atom is -0.497 e. The molecule has 1 saturated heterocycles. The number of hydrogen-bond acceptors (Lipinski definition) is 7. The van der Waals surface area contributed by atoms with Gasteiger partial charge in [-0.1, -0.05) is 25.5 Å². The number of piperidine rings is 1. The van der Waals surface area contributed by atoms with Crippen LogP contribution in [-0.4, -0.2) is 59.2 Å². The first-order valence-corrected chi connectivity index (χ1v) is 13.4. The normalized spacial score (nSPS) is 16.4. The predicted molar refractivity (Wildman–Crippen MR) is 131 cm³/mol. The van der Waals surface area contributed by atoms with Crippen molar-refractivity contribution in [3.8, 4) is 11.5 Å². The van der Waals surface area contributed by atoms with Gasteiger partial charge in [-0.15, -0.1) is 0 Å². The molecule has 8 heteroatoms. The fraction of sp³-hybridized carbons (Fsp3) is 0.500. The molecule has 0 bridgehead atoms. The molecule has 0 saturated carbocycles. The number of sulfone groups is 1. The van der Waals surface area contributed by atoms with Gasteiger partial charge in [0.05, 0.1) is 24.5 Å². The molecule has 0 amide bonds. The maximum absolute atomic E-state index is 13.6. The van der Waals surface area contributed by atoms with Crippen LogP contribution in [0.5, 0.6) is 11.5 Å². The number of ether oxygens (including phenoxy) is 3. The van der Waals surface area contributed by atoms with Gasteiger partial charge in [-0.3, -0.25) is 9.69 Å². The predicted octanol–water partition coefficient (Wildman–Crippen LogP) is 4.27. The van der Waals surface area contributed by atoms with Crippen molar-refractivity contribution >= 4 is 15.8 Å². The number of methoxy groups -OCH3 is 1. The van der Waals surface area contributed by atoms with Gasteiger partial charge in [0, 0.05) is 6.54 Å². The smallest absolute Gasteiger partial charge is 0.310 e. The van der Waals surface area contributed by atoms with Crippen LogP contribution in [0.15, 0.2) is 53.4 Å². The molecule has 0 radical (unpaired) electrons. The molecule has 0 aliphatic carbocycles. The Labute approximate surface area is 202 Å². The third kappa shape index (κ3) is 6.51. The van der Waals surface area contributed by atoms with E-state index in [0.717, 1.165) is 19.6 Å². The second-order valence-electron chi connectivity index (χ2n) is 8.50. The Hall–Kier alpha value is -2.58. The molecule has 1 heterocycles. The van der Waals surface area contributed by atoms with Gasteiger partial charge >= 0.3 is 5.97 Å². The third-order valence-electron chi connectivity index (χ3n) is 6.17. The highest BCUT2D eigenvalue weighted by Crippen LogP contribution is 2.37. The average molecular weight is 490 g/mol. The van der Waals surface area contributed by atoms with Crippen LogP contribution in [0.4, 0.5) is 0 Å². The largest absolute Gasteiger partial charge is 0.497 e. The first-order chi connectivity index (χ1) is 16.4. The van der Waals surface area contributed by atoms with Gasteiger partial charge < -0.3 is 14.2 Å². The van der Waals surface area contributed by atoms with Gasteiger partial charge in [0.1, 0.15) is 23.4 Å². The van der Waals surface area contributed by atoms with Crippen LogP contribution in [0.2, 0.25) is 0 Å². The van der Waals surface area contributed by atoms with E-state index in [1.165, 1.54) is 38.5 Å². The van der Waals surface area contributed by atoms with E-state index in [1.807, 2.05) is 0 Å². The van der Waals surface area contributed by atoms with Crippen molar-refractivity contribution in [1.29, 1.82) is 0 Å². The van der Waals surface area contributed by atoms with E-state index in [-0.39, 0.29) is 11.5 Å². The molecule has 1 fully saturated rings. The van der Waals surface area contributed by atoms with Crippen LogP contribution in [-0.2, 0) is 19.4 Å². The maximum Gasteiger partial charge on any atom is 0.310 e. The molecule has 186 valence electrons. The lowest BCUT2D eigenvalue weighted by Crippen LogP contribution is -2.33. The molecule has 1 aliphatic rings. The molecule has 1 aliphatic heterocycles. The Morgan fingerprint density at radius 1 is 0.971 bits per heavy atom. The highest BCUT2D eigenvalue weighted by Gasteiger charge is 2.38. The molecule has 3 rings (SSSR count). The molecule has 7 nitrogen and oxygen atoms in total. The number of nitrogens with zero attached hydrogens (tertiary/aromatic N) is 1. The zero-order valence-corrected chi connectivity index (χ0v) is 21.1. The second kappa shape index (κ2) is 12.2. The van der Waals surface area contributed by atoms with E-state index < -0.39 is 27.0 Å². The minimum absolute atomic E-state index is 0.122. The van der Waals surface area contributed by atoms with Gasteiger partial charge in [-0.2, -0.15) is 0 Å². The summed E-state index contributed by atoms with van der Waals surface area (Å²) >= 11 is 0. The number of esters is 1. The fourth-order valence-electron chi connectivity index (χ4n) is 4.28. The minimum atomic E-state index is -3.89. The summed E-state index contributed by atoms with van der Waals surface area (Å²) in [5.41, 5.74) is 0.514. The summed E-state index contributed by atoms with van der Waals surface area (Å²) in [5, 5.41) is -1.10. The van der Waals surface area contributed by atoms with Crippen LogP contribution in [0.3, 0.4) is 0 Å². The van der Waals surface area contributed by atoms with Crippen LogP contribution < -0.4 is 9.47 Å². The quantitative estimate of drug-likeness (QED) is 0.436. The standard InChI is InChI=1S/C26H35NO6S/c1-4-32-26(28)20(2)25(34(29,30)24-14-12-22(31-3)13-15-24)21-8-10-23(11-9-21)33-19-18-27-16-6-5-7-17-27/h8-15,20,25H,4-7,16-19H2,1-3H3. The molecule has 2 atom stereocenters. The van der Waals surface area contributed by atoms with E-state index in [1.54, 1.807) is 50.2 Å². The number of hydrogen-bond donors (Lipinski definition) is 0. The molecular weight excluding hydrogens is 454 g/mol. The van der Waals surface area contributed by atoms with Gasteiger partial charge in [-0.25, -0.2) is 8.42 Å². The topological polar surface area (TPSA) is 82.1 Å². The number of carbonyl (C=O) groups excluding carboxylic acids is 1. The molecule has 2 aromatic carbocycles. The van der Waals surface area contributed by atoms with E-state index in [4.69, 9.17) is 14.2 Å². The monoisotopic (exact) mass is 489 g/mol. The summed E-state index contributed by atoms with van der Waals surface area (Å²) < 4.78 is 43.4. The third-order valence-corrected chi connectivity index (χ3v) is 8.45. The van der Waals surface area contributed by atoms with Crippen molar-refractivity contribution in [2.24, 2.45) is 5.92 Å².